The van der Waals surface area contributed by atoms with Gasteiger partial charge in [-0.2, -0.15) is 0 Å². The van der Waals surface area contributed by atoms with Crippen LogP contribution >= 0.6 is 0 Å². The monoisotopic (exact) mass is 764 g/mol. The summed E-state index contributed by atoms with van der Waals surface area (Å²) < 4.78 is 0. The van der Waals surface area contributed by atoms with Crippen LogP contribution in [0.1, 0.15) is 0 Å². The highest BCUT2D eigenvalue weighted by atomic mass is 14.9. The fourth-order valence-corrected chi connectivity index (χ4v) is 8.16. The van der Waals surface area contributed by atoms with Gasteiger partial charge in [-0.25, -0.2) is 9.97 Å². The van der Waals surface area contributed by atoms with Gasteiger partial charge in [0.05, 0.1) is 11.4 Å². The number of nitrogens with zero attached hydrogens (tertiary/aromatic N) is 2. The lowest BCUT2D eigenvalue weighted by atomic mass is 9.84. The quantitative estimate of drug-likeness (QED) is 0.146. The Kier molecular flexibility index (Phi) is 10.0. The molecule has 1 aromatic heterocycles. The molecule has 0 aliphatic heterocycles. The summed E-state index contributed by atoms with van der Waals surface area (Å²) in [6, 6.07) is 86.2. The summed E-state index contributed by atoms with van der Waals surface area (Å²) >= 11 is 0. The summed E-state index contributed by atoms with van der Waals surface area (Å²) in [4.78, 5) is 10.6. The molecule has 0 aliphatic carbocycles. The lowest BCUT2D eigenvalue weighted by Crippen LogP contribution is -1.99. The van der Waals surface area contributed by atoms with Crippen molar-refractivity contribution in [1.82, 2.24) is 9.97 Å². The van der Waals surface area contributed by atoms with Crippen LogP contribution in [0.5, 0.6) is 0 Å². The Bertz CT molecular complexity index is 2980. The molecule has 0 bridgehead atoms. The molecule has 0 unspecified atom stereocenters. The van der Waals surface area contributed by atoms with Crippen LogP contribution in [-0.4, -0.2) is 9.97 Å². The summed E-state index contributed by atoms with van der Waals surface area (Å²) in [6.07, 6.45) is 0. The van der Waals surface area contributed by atoms with Crippen molar-refractivity contribution < 1.29 is 0 Å². The lowest BCUT2D eigenvalue weighted by molar-refractivity contribution is 1.18. The number of hydrogen-bond donors (Lipinski definition) is 0. The summed E-state index contributed by atoms with van der Waals surface area (Å²) in [5.41, 5.74) is 18.6. The van der Waals surface area contributed by atoms with Crippen molar-refractivity contribution in [3.8, 4) is 101 Å². The molecule has 2 heteroatoms. The fraction of sp³-hybridized carbons (Fsp3) is 0. The second kappa shape index (κ2) is 16.5. The smallest absolute Gasteiger partial charge is 0.160 e. The second-order valence-corrected chi connectivity index (χ2v) is 14.9. The molecule has 60 heavy (non-hydrogen) atoms. The first-order chi connectivity index (χ1) is 29.7. The van der Waals surface area contributed by atoms with Crippen molar-refractivity contribution in [1.29, 1.82) is 0 Å². The highest BCUT2D eigenvalue weighted by molar-refractivity contribution is 5.99. The molecular weight excluding hydrogens is 725 g/mol. The third kappa shape index (κ3) is 7.46. The SMILES string of the molecule is c1ccc(-c2ccc(-c3cccc(-c4c(-c5ccccc5)cc(-c5ccccc5)cc4-c4cc(-c5ccccc5)nc(-c5ccccc5)n4)c3)c(-c3ccccc3)c2)cc1. The third-order valence-electron chi connectivity index (χ3n) is 11.1. The van der Waals surface area contributed by atoms with E-state index in [1.54, 1.807) is 0 Å². The van der Waals surface area contributed by atoms with E-state index in [0.29, 0.717) is 5.82 Å². The first-order valence-electron chi connectivity index (χ1n) is 20.4. The molecule has 0 spiro atoms. The largest absolute Gasteiger partial charge is 0.228 e. The molecule has 0 saturated carbocycles. The first-order valence-corrected chi connectivity index (χ1v) is 20.4. The average molecular weight is 765 g/mol. The van der Waals surface area contributed by atoms with E-state index in [0.717, 1.165) is 67.0 Å². The molecule has 0 N–H and O–H groups in total. The van der Waals surface area contributed by atoms with Gasteiger partial charge in [-0.15, -0.1) is 0 Å². The summed E-state index contributed by atoms with van der Waals surface area (Å²) in [5.74, 6) is 0.684. The third-order valence-corrected chi connectivity index (χ3v) is 11.1. The zero-order valence-corrected chi connectivity index (χ0v) is 33.0. The van der Waals surface area contributed by atoms with Gasteiger partial charge in [-0.1, -0.05) is 212 Å². The van der Waals surface area contributed by atoms with Crippen LogP contribution in [-0.2, 0) is 0 Å². The standard InChI is InChI=1S/C58H40N2/c1-7-20-41(21-8-1)47-34-35-51(52(37-47)43-24-11-3-12-25-43)48-32-19-33-49(36-48)57-53(44-26-13-4-14-27-44)38-50(42-22-9-2-10-23-42)39-54(57)56-40-55(45-28-15-5-16-29-45)59-58(60-56)46-30-17-6-18-31-46/h1-40H. The van der Waals surface area contributed by atoms with E-state index in [-0.39, 0.29) is 0 Å². The predicted octanol–water partition coefficient (Wildman–Crippen LogP) is 15.5. The van der Waals surface area contributed by atoms with E-state index in [1.807, 2.05) is 24.3 Å². The molecular formula is C58H40N2. The average Bonchev–Trinajstić information content (AvgIpc) is 3.35. The van der Waals surface area contributed by atoms with E-state index in [9.17, 15) is 0 Å². The van der Waals surface area contributed by atoms with Crippen LogP contribution in [0.3, 0.4) is 0 Å². The Morgan fingerprint density at radius 1 is 0.200 bits per heavy atom. The van der Waals surface area contributed by atoms with Gasteiger partial charge in [-0.05, 0) is 97.1 Å². The lowest BCUT2D eigenvalue weighted by Gasteiger charge is -2.20. The van der Waals surface area contributed by atoms with Crippen LogP contribution < -0.4 is 0 Å². The zero-order valence-electron chi connectivity index (χ0n) is 33.0. The van der Waals surface area contributed by atoms with E-state index >= 15 is 0 Å². The van der Waals surface area contributed by atoms with Gasteiger partial charge in [0.25, 0.3) is 0 Å². The van der Waals surface area contributed by atoms with Gasteiger partial charge in [0.15, 0.2) is 5.82 Å². The number of benzene rings is 9. The van der Waals surface area contributed by atoms with Crippen LogP contribution in [0.15, 0.2) is 243 Å². The topological polar surface area (TPSA) is 25.8 Å². The molecule has 1 heterocycles. The van der Waals surface area contributed by atoms with Crippen LogP contribution in [0.25, 0.3) is 101 Å². The molecule has 10 aromatic rings. The minimum absolute atomic E-state index is 0.684. The molecule has 0 fully saturated rings. The van der Waals surface area contributed by atoms with Gasteiger partial charge in [0.1, 0.15) is 0 Å². The molecule has 0 saturated heterocycles. The van der Waals surface area contributed by atoms with Gasteiger partial charge in [0.2, 0.25) is 0 Å². The van der Waals surface area contributed by atoms with Crippen LogP contribution in [0.2, 0.25) is 0 Å². The van der Waals surface area contributed by atoms with Crippen molar-refractivity contribution in [2.45, 2.75) is 0 Å². The van der Waals surface area contributed by atoms with Crippen molar-refractivity contribution in [3.05, 3.63) is 243 Å². The normalized spacial score (nSPS) is 11.0. The highest BCUT2D eigenvalue weighted by Crippen LogP contribution is 2.45. The van der Waals surface area contributed by atoms with Gasteiger partial charge >= 0.3 is 0 Å². The number of rotatable bonds is 9. The summed E-state index contributed by atoms with van der Waals surface area (Å²) in [5, 5.41) is 0. The molecule has 0 aliphatic rings. The molecule has 2 nitrogen and oxygen atoms in total. The minimum atomic E-state index is 0.684. The predicted molar refractivity (Wildman–Crippen MR) is 251 cm³/mol. The molecule has 10 rings (SSSR count). The van der Waals surface area contributed by atoms with E-state index in [1.165, 1.54) is 27.8 Å². The van der Waals surface area contributed by atoms with Gasteiger partial charge < -0.3 is 0 Å². The summed E-state index contributed by atoms with van der Waals surface area (Å²) in [6.45, 7) is 0. The Morgan fingerprint density at radius 3 is 1.23 bits per heavy atom. The Balaban J connectivity index is 1.25. The second-order valence-electron chi connectivity index (χ2n) is 14.9. The van der Waals surface area contributed by atoms with Crippen LogP contribution in [0, 0.1) is 0 Å². The molecule has 0 radical (unpaired) electrons. The van der Waals surface area contributed by atoms with Crippen molar-refractivity contribution in [2.24, 2.45) is 0 Å². The minimum Gasteiger partial charge on any atom is -0.228 e. The highest BCUT2D eigenvalue weighted by Gasteiger charge is 2.21. The first kappa shape index (κ1) is 36.4. The van der Waals surface area contributed by atoms with Crippen LogP contribution in [0.4, 0.5) is 0 Å². The molecule has 282 valence electrons. The van der Waals surface area contributed by atoms with Crippen molar-refractivity contribution in [3.63, 3.8) is 0 Å². The maximum atomic E-state index is 5.42. The van der Waals surface area contributed by atoms with E-state index in [2.05, 4.69) is 218 Å². The van der Waals surface area contributed by atoms with Crippen molar-refractivity contribution in [2.75, 3.05) is 0 Å². The maximum Gasteiger partial charge on any atom is 0.160 e. The zero-order chi connectivity index (χ0) is 40.1. The van der Waals surface area contributed by atoms with E-state index < -0.39 is 0 Å². The van der Waals surface area contributed by atoms with Gasteiger partial charge in [-0.3, -0.25) is 0 Å². The Labute approximate surface area is 351 Å². The van der Waals surface area contributed by atoms with Gasteiger partial charge in [0, 0.05) is 16.7 Å². The number of hydrogen-bond acceptors (Lipinski definition) is 2. The fourth-order valence-electron chi connectivity index (χ4n) is 8.16. The Hall–Kier alpha value is -7.94. The molecule has 0 atom stereocenters. The molecule has 9 aromatic carbocycles. The van der Waals surface area contributed by atoms with E-state index in [4.69, 9.17) is 9.97 Å². The maximum absolute atomic E-state index is 5.42. The molecule has 0 amide bonds. The Morgan fingerprint density at radius 2 is 0.633 bits per heavy atom. The summed E-state index contributed by atoms with van der Waals surface area (Å²) in [7, 11) is 0. The number of aromatic nitrogens is 2. The van der Waals surface area contributed by atoms with Crippen molar-refractivity contribution >= 4 is 0 Å².